The molecule has 0 unspecified atom stereocenters. The average molecular weight is 525 g/mol. The van der Waals surface area contributed by atoms with Crippen LogP contribution in [0.2, 0.25) is 5.02 Å². The van der Waals surface area contributed by atoms with Crippen molar-refractivity contribution in [2.24, 2.45) is 0 Å². The van der Waals surface area contributed by atoms with Crippen molar-refractivity contribution in [2.75, 3.05) is 7.11 Å². The van der Waals surface area contributed by atoms with Crippen LogP contribution in [-0.4, -0.2) is 16.9 Å². The summed E-state index contributed by atoms with van der Waals surface area (Å²) in [6, 6.07) is 23.4. The molecule has 0 aliphatic rings. The van der Waals surface area contributed by atoms with E-state index in [0.717, 1.165) is 22.9 Å². The van der Waals surface area contributed by atoms with Gasteiger partial charge in [-0.3, -0.25) is 4.68 Å². The number of halogens is 5. The SMILES string of the molecule is COc1cccc(Cc2cccc(-c3c4cccc(C(F)(F)F)c4nn3Cc3ccc(Cl)cc3F)c2)c1. The molecule has 0 spiro atoms. The number of alkyl halides is 3. The number of rotatable bonds is 6. The topological polar surface area (TPSA) is 27.1 Å². The molecule has 0 aliphatic carbocycles. The van der Waals surface area contributed by atoms with Crippen molar-refractivity contribution in [1.82, 2.24) is 9.78 Å². The van der Waals surface area contributed by atoms with Gasteiger partial charge in [0, 0.05) is 21.5 Å². The smallest absolute Gasteiger partial charge is 0.418 e. The minimum Gasteiger partial charge on any atom is -0.497 e. The molecule has 1 heterocycles. The molecule has 0 N–H and O–H groups in total. The van der Waals surface area contributed by atoms with Crippen molar-refractivity contribution in [3.63, 3.8) is 0 Å². The number of ether oxygens (including phenoxy) is 1. The highest BCUT2D eigenvalue weighted by Crippen LogP contribution is 2.38. The van der Waals surface area contributed by atoms with E-state index in [4.69, 9.17) is 16.3 Å². The summed E-state index contributed by atoms with van der Waals surface area (Å²) < 4.78 is 62.9. The van der Waals surface area contributed by atoms with Gasteiger partial charge in [-0.2, -0.15) is 18.3 Å². The first-order valence-electron chi connectivity index (χ1n) is 11.5. The first kappa shape index (κ1) is 24.8. The second-order valence-corrected chi connectivity index (χ2v) is 9.11. The number of hydrogen-bond donors (Lipinski definition) is 0. The Bertz CT molecular complexity index is 1590. The number of fused-ring (bicyclic) bond motifs is 1. The van der Waals surface area contributed by atoms with E-state index in [1.54, 1.807) is 19.2 Å². The predicted octanol–water partition coefficient (Wildman–Crippen LogP) is 8.16. The van der Waals surface area contributed by atoms with Crippen LogP contribution in [0.5, 0.6) is 5.75 Å². The monoisotopic (exact) mass is 524 g/mol. The molecule has 0 saturated carbocycles. The van der Waals surface area contributed by atoms with E-state index in [2.05, 4.69) is 5.10 Å². The van der Waals surface area contributed by atoms with Crippen LogP contribution < -0.4 is 4.74 Å². The molecule has 8 heteroatoms. The maximum Gasteiger partial charge on any atom is 0.418 e. The first-order chi connectivity index (χ1) is 17.7. The minimum atomic E-state index is -4.59. The third-order valence-corrected chi connectivity index (χ3v) is 6.39. The second kappa shape index (κ2) is 9.90. The average Bonchev–Trinajstić information content (AvgIpc) is 3.23. The van der Waals surface area contributed by atoms with Gasteiger partial charge >= 0.3 is 6.18 Å². The Morgan fingerprint density at radius 3 is 2.35 bits per heavy atom. The summed E-state index contributed by atoms with van der Waals surface area (Å²) in [6.45, 7) is -0.0651. The molecule has 0 amide bonds. The molecule has 0 saturated heterocycles. The lowest BCUT2D eigenvalue weighted by Crippen LogP contribution is -2.07. The summed E-state index contributed by atoms with van der Waals surface area (Å²) in [4.78, 5) is 0. The van der Waals surface area contributed by atoms with E-state index in [0.29, 0.717) is 23.1 Å². The molecule has 0 aliphatic heterocycles. The van der Waals surface area contributed by atoms with Gasteiger partial charge in [-0.1, -0.05) is 60.1 Å². The van der Waals surface area contributed by atoms with Crippen LogP contribution in [0.25, 0.3) is 22.2 Å². The lowest BCUT2D eigenvalue weighted by molar-refractivity contribution is -0.136. The Balaban J connectivity index is 1.64. The second-order valence-electron chi connectivity index (χ2n) is 8.67. The summed E-state index contributed by atoms with van der Waals surface area (Å²) in [5.41, 5.74) is 2.37. The van der Waals surface area contributed by atoms with Gasteiger partial charge in [0.25, 0.3) is 0 Å². The fourth-order valence-electron chi connectivity index (χ4n) is 4.46. The highest BCUT2D eigenvalue weighted by molar-refractivity contribution is 6.30. The Morgan fingerprint density at radius 2 is 1.62 bits per heavy atom. The zero-order chi connectivity index (χ0) is 26.2. The van der Waals surface area contributed by atoms with Crippen molar-refractivity contribution in [1.29, 1.82) is 0 Å². The van der Waals surface area contributed by atoms with Crippen LogP contribution in [-0.2, 0) is 19.1 Å². The van der Waals surface area contributed by atoms with E-state index in [-0.39, 0.29) is 22.6 Å². The predicted molar refractivity (Wildman–Crippen MR) is 136 cm³/mol. The third kappa shape index (κ3) is 5.18. The van der Waals surface area contributed by atoms with Crippen LogP contribution >= 0.6 is 11.6 Å². The van der Waals surface area contributed by atoms with E-state index >= 15 is 0 Å². The maximum atomic E-state index is 14.6. The van der Waals surface area contributed by atoms with Crippen molar-refractivity contribution < 1.29 is 22.3 Å². The molecular weight excluding hydrogens is 504 g/mol. The number of hydrogen-bond acceptors (Lipinski definition) is 2. The van der Waals surface area contributed by atoms with Gasteiger partial charge in [0.2, 0.25) is 0 Å². The molecule has 3 nitrogen and oxygen atoms in total. The molecule has 0 atom stereocenters. The molecule has 1 aromatic heterocycles. The molecule has 0 fully saturated rings. The van der Waals surface area contributed by atoms with Crippen LogP contribution in [0, 0.1) is 5.82 Å². The Kier molecular flexibility index (Phi) is 6.65. The zero-order valence-electron chi connectivity index (χ0n) is 19.7. The zero-order valence-corrected chi connectivity index (χ0v) is 20.4. The van der Waals surface area contributed by atoms with Gasteiger partial charge in [-0.25, -0.2) is 4.39 Å². The highest BCUT2D eigenvalue weighted by atomic mass is 35.5. The third-order valence-electron chi connectivity index (χ3n) is 6.15. The molecule has 4 aromatic carbocycles. The molecule has 37 heavy (non-hydrogen) atoms. The molecule has 5 aromatic rings. The highest BCUT2D eigenvalue weighted by Gasteiger charge is 2.34. The number of aromatic nitrogens is 2. The Labute approximate surface area is 215 Å². The van der Waals surface area contributed by atoms with Crippen molar-refractivity contribution in [3.05, 3.63) is 118 Å². The first-order valence-corrected chi connectivity index (χ1v) is 11.8. The van der Waals surface area contributed by atoms with Gasteiger partial charge in [-0.05, 0) is 53.9 Å². The number of methoxy groups -OCH3 is 1. The lowest BCUT2D eigenvalue weighted by Gasteiger charge is -2.11. The Hall–Kier alpha value is -3.84. The van der Waals surface area contributed by atoms with Crippen LogP contribution in [0.3, 0.4) is 0 Å². The standard InChI is InChI=1S/C29H21ClF4N2O/c1-37-23-8-3-6-19(15-23)13-18-5-2-7-20(14-18)28-24-9-4-10-25(29(32,33)34)27(24)35-36(28)17-21-11-12-22(30)16-26(21)31/h2-12,14-16H,13,17H2,1H3. The molecule has 5 rings (SSSR count). The molecule has 0 radical (unpaired) electrons. The van der Waals surface area contributed by atoms with E-state index in [1.807, 2.05) is 48.5 Å². The van der Waals surface area contributed by atoms with Gasteiger partial charge in [-0.15, -0.1) is 0 Å². The summed E-state index contributed by atoms with van der Waals surface area (Å²) in [6.07, 6.45) is -3.99. The van der Waals surface area contributed by atoms with E-state index < -0.39 is 17.6 Å². The minimum absolute atomic E-state index is 0.0651. The van der Waals surface area contributed by atoms with Crippen molar-refractivity contribution >= 4 is 22.5 Å². The van der Waals surface area contributed by atoms with Gasteiger partial charge in [0.05, 0.1) is 24.9 Å². The fraction of sp³-hybridized carbons (Fsp3) is 0.138. The van der Waals surface area contributed by atoms with Crippen molar-refractivity contribution in [2.45, 2.75) is 19.1 Å². The number of nitrogens with zero attached hydrogens (tertiary/aromatic N) is 2. The van der Waals surface area contributed by atoms with E-state index in [9.17, 15) is 17.6 Å². The fourth-order valence-corrected chi connectivity index (χ4v) is 4.62. The number of benzene rings is 4. The Morgan fingerprint density at radius 1 is 0.892 bits per heavy atom. The largest absolute Gasteiger partial charge is 0.497 e. The van der Waals surface area contributed by atoms with E-state index in [1.165, 1.54) is 22.9 Å². The summed E-state index contributed by atoms with van der Waals surface area (Å²) in [5, 5.41) is 4.90. The van der Waals surface area contributed by atoms with Gasteiger partial charge in [0.1, 0.15) is 17.1 Å². The van der Waals surface area contributed by atoms with Gasteiger partial charge in [0.15, 0.2) is 0 Å². The summed E-state index contributed by atoms with van der Waals surface area (Å²) >= 11 is 5.89. The lowest BCUT2D eigenvalue weighted by atomic mass is 9.99. The molecule has 188 valence electrons. The van der Waals surface area contributed by atoms with Crippen LogP contribution in [0.1, 0.15) is 22.3 Å². The quantitative estimate of drug-likeness (QED) is 0.209. The van der Waals surface area contributed by atoms with Gasteiger partial charge < -0.3 is 4.74 Å². The summed E-state index contributed by atoms with van der Waals surface area (Å²) in [5.74, 6) is 0.184. The molecule has 0 bridgehead atoms. The normalized spacial score (nSPS) is 11.7. The van der Waals surface area contributed by atoms with Crippen LogP contribution in [0.15, 0.2) is 84.9 Å². The summed E-state index contributed by atoms with van der Waals surface area (Å²) in [7, 11) is 1.60. The molecular formula is C29H21ClF4N2O. The van der Waals surface area contributed by atoms with Crippen molar-refractivity contribution in [3.8, 4) is 17.0 Å². The van der Waals surface area contributed by atoms with Crippen LogP contribution in [0.4, 0.5) is 17.6 Å². The maximum absolute atomic E-state index is 14.6.